The average Bonchev–Trinajstić information content (AvgIpc) is 2.82. The second-order valence-electron chi connectivity index (χ2n) is 6.98. The summed E-state index contributed by atoms with van der Waals surface area (Å²) >= 11 is 0. The van der Waals surface area contributed by atoms with Gasteiger partial charge in [0.05, 0.1) is 6.61 Å². The third-order valence-electron chi connectivity index (χ3n) is 4.37. The molecule has 3 heteroatoms. The van der Waals surface area contributed by atoms with Gasteiger partial charge in [-0.2, -0.15) is 0 Å². The van der Waals surface area contributed by atoms with Crippen molar-refractivity contribution >= 4 is 0 Å². The molecule has 0 saturated heterocycles. The number of ether oxygens (including phenoxy) is 1. The lowest BCUT2D eigenvalue weighted by atomic mass is 9.91. The fourth-order valence-corrected chi connectivity index (χ4v) is 3.20. The Labute approximate surface area is 129 Å². The van der Waals surface area contributed by atoms with Crippen molar-refractivity contribution in [2.75, 3.05) is 13.2 Å². The summed E-state index contributed by atoms with van der Waals surface area (Å²) in [5.41, 5.74) is 7.69. The summed E-state index contributed by atoms with van der Waals surface area (Å²) in [5.74, 6) is 0.946. The lowest BCUT2D eigenvalue weighted by Crippen LogP contribution is -2.35. The Morgan fingerprint density at radius 2 is 2.24 bits per heavy atom. The predicted octanol–water partition coefficient (Wildman–Crippen LogP) is 3.64. The highest BCUT2D eigenvalue weighted by Gasteiger charge is 2.31. The molecule has 1 aromatic carbocycles. The van der Waals surface area contributed by atoms with Crippen LogP contribution in [-0.2, 0) is 0 Å². The van der Waals surface area contributed by atoms with Gasteiger partial charge in [-0.15, -0.1) is 0 Å². The van der Waals surface area contributed by atoms with Crippen molar-refractivity contribution in [3.05, 3.63) is 29.8 Å². The van der Waals surface area contributed by atoms with E-state index >= 15 is 0 Å². The van der Waals surface area contributed by atoms with Crippen molar-refractivity contribution in [1.29, 1.82) is 0 Å². The van der Waals surface area contributed by atoms with Crippen LogP contribution in [0.5, 0.6) is 5.75 Å². The van der Waals surface area contributed by atoms with Gasteiger partial charge in [-0.3, -0.25) is 0 Å². The summed E-state index contributed by atoms with van der Waals surface area (Å²) in [4.78, 5) is 0. The van der Waals surface area contributed by atoms with E-state index in [2.05, 4.69) is 44.3 Å². The Hall–Kier alpha value is -1.06. The normalized spacial score (nSPS) is 22.2. The Kier molecular flexibility index (Phi) is 5.65. The van der Waals surface area contributed by atoms with Gasteiger partial charge in [0, 0.05) is 18.6 Å². The molecule has 1 aliphatic carbocycles. The molecule has 1 saturated carbocycles. The van der Waals surface area contributed by atoms with Gasteiger partial charge >= 0.3 is 0 Å². The van der Waals surface area contributed by atoms with Crippen LogP contribution in [0.3, 0.4) is 0 Å². The van der Waals surface area contributed by atoms with Crippen LogP contribution in [0.4, 0.5) is 0 Å². The zero-order chi connectivity index (χ0) is 15.3. The van der Waals surface area contributed by atoms with Gasteiger partial charge < -0.3 is 15.8 Å². The largest absolute Gasteiger partial charge is 0.494 e. The summed E-state index contributed by atoms with van der Waals surface area (Å²) in [5, 5.41) is 3.74. The molecule has 118 valence electrons. The van der Waals surface area contributed by atoms with E-state index in [1.807, 2.05) is 6.07 Å². The molecule has 0 amide bonds. The topological polar surface area (TPSA) is 47.3 Å². The number of benzene rings is 1. The lowest BCUT2D eigenvalue weighted by Gasteiger charge is -2.24. The van der Waals surface area contributed by atoms with E-state index in [9.17, 15) is 0 Å². The number of nitrogens with one attached hydrogen (secondary N) is 1. The predicted molar refractivity (Wildman–Crippen MR) is 88.6 cm³/mol. The van der Waals surface area contributed by atoms with Crippen molar-refractivity contribution < 1.29 is 4.74 Å². The summed E-state index contributed by atoms with van der Waals surface area (Å²) < 4.78 is 5.72. The van der Waals surface area contributed by atoms with E-state index in [0.29, 0.717) is 18.0 Å². The minimum absolute atomic E-state index is 0.217. The molecule has 21 heavy (non-hydrogen) atoms. The van der Waals surface area contributed by atoms with Crippen LogP contribution < -0.4 is 15.8 Å². The summed E-state index contributed by atoms with van der Waals surface area (Å²) in [6.07, 6.45) is 4.80. The molecule has 2 atom stereocenters. The fraction of sp³-hybridized carbons (Fsp3) is 0.667. The Morgan fingerprint density at radius 3 is 2.86 bits per heavy atom. The molecular weight excluding hydrogens is 260 g/mol. The van der Waals surface area contributed by atoms with Crippen molar-refractivity contribution in [2.24, 2.45) is 11.1 Å². The number of hydrogen-bond acceptors (Lipinski definition) is 3. The smallest absolute Gasteiger partial charge is 0.119 e. The van der Waals surface area contributed by atoms with Gasteiger partial charge in [0.1, 0.15) is 5.75 Å². The zero-order valence-corrected chi connectivity index (χ0v) is 13.7. The van der Waals surface area contributed by atoms with E-state index in [1.165, 1.54) is 24.8 Å². The highest BCUT2D eigenvalue weighted by atomic mass is 16.5. The zero-order valence-electron chi connectivity index (χ0n) is 13.7. The maximum atomic E-state index is 6.00. The van der Waals surface area contributed by atoms with Crippen LogP contribution in [0.25, 0.3) is 0 Å². The molecule has 0 aliphatic heterocycles. The summed E-state index contributed by atoms with van der Waals surface area (Å²) in [7, 11) is 0. The van der Waals surface area contributed by atoms with Gasteiger partial charge in [-0.1, -0.05) is 32.9 Å². The highest BCUT2D eigenvalue weighted by molar-refractivity contribution is 5.31. The second-order valence-corrected chi connectivity index (χ2v) is 6.98. The third kappa shape index (κ3) is 4.72. The van der Waals surface area contributed by atoms with E-state index in [1.54, 1.807) is 0 Å². The van der Waals surface area contributed by atoms with Gasteiger partial charge in [0.25, 0.3) is 0 Å². The van der Waals surface area contributed by atoms with Gasteiger partial charge in [0.15, 0.2) is 0 Å². The molecule has 0 aromatic heterocycles. The van der Waals surface area contributed by atoms with Crippen LogP contribution >= 0.6 is 0 Å². The SMILES string of the molecule is CCCOc1cccc(C(CN)NC2CCC(C)(C)C2)c1. The van der Waals surface area contributed by atoms with E-state index < -0.39 is 0 Å². The summed E-state index contributed by atoms with van der Waals surface area (Å²) in [6, 6.07) is 9.14. The van der Waals surface area contributed by atoms with Gasteiger partial charge in [-0.05, 0) is 48.8 Å². The standard InChI is InChI=1S/C18H30N2O/c1-4-10-21-16-7-5-6-14(11-16)17(13-19)20-15-8-9-18(2,3)12-15/h5-7,11,15,17,20H,4,8-10,12-13,19H2,1-3H3. The average molecular weight is 290 g/mol. The number of nitrogens with two attached hydrogens (primary N) is 1. The van der Waals surface area contributed by atoms with Crippen LogP contribution in [0.1, 0.15) is 58.1 Å². The molecule has 1 fully saturated rings. The molecule has 0 radical (unpaired) electrons. The van der Waals surface area contributed by atoms with Crippen LogP contribution in [0, 0.1) is 5.41 Å². The number of rotatable bonds is 7. The molecule has 2 rings (SSSR count). The number of hydrogen-bond donors (Lipinski definition) is 2. The Morgan fingerprint density at radius 1 is 1.43 bits per heavy atom. The fourth-order valence-electron chi connectivity index (χ4n) is 3.20. The first kappa shape index (κ1) is 16.3. The van der Waals surface area contributed by atoms with Gasteiger partial charge in [0.2, 0.25) is 0 Å². The molecule has 2 unspecified atom stereocenters. The first-order chi connectivity index (χ1) is 10.0. The maximum Gasteiger partial charge on any atom is 0.119 e. The highest BCUT2D eigenvalue weighted by Crippen LogP contribution is 2.37. The molecule has 3 nitrogen and oxygen atoms in total. The molecule has 3 N–H and O–H groups in total. The monoisotopic (exact) mass is 290 g/mol. The van der Waals surface area contributed by atoms with Crippen molar-refractivity contribution in [3.63, 3.8) is 0 Å². The van der Waals surface area contributed by atoms with Gasteiger partial charge in [-0.25, -0.2) is 0 Å². The molecule has 1 aliphatic rings. The molecular formula is C18H30N2O. The molecule has 0 heterocycles. The quantitative estimate of drug-likeness (QED) is 0.806. The van der Waals surface area contributed by atoms with Crippen LogP contribution in [0.2, 0.25) is 0 Å². The van der Waals surface area contributed by atoms with Crippen molar-refractivity contribution in [2.45, 2.75) is 58.5 Å². The molecule has 0 spiro atoms. The summed E-state index contributed by atoms with van der Waals surface area (Å²) in [6.45, 7) is 8.21. The Bertz CT molecular complexity index is 445. The molecule has 1 aromatic rings. The minimum atomic E-state index is 0.217. The van der Waals surface area contributed by atoms with Crippen LogP contribution in [0.15, 0.2) is 24.3 Å². The van der Waals surface area contributed by atoms with Crippen molar-refractivity contribution in [1.82, 2.24) is 5.32 Å². The second kappa shape index (κ2) is 7.28. The maximum absolute atomic E-state index is 6.00. The van der Waals surface area contributed by atoms with Crippen LogP contribution in [-0.4, -0.2) is 19.2 Å². The Balaban J connectivity index is 2.00. The van der Waals surface area contributed by atoms with E-state index in [-0.39, 0.29) is 6.04 Å². The van der Waals surface area contributed by atoms with Crippen molar-refractivity contribution in [3.8, 4) is 5.75 Å². The first-order valence-electron chi connectivity index (χ1n) is 8.23. The first-order valence-corrected chi connectivity index (χ1v) is 8.23. The lowest BCUT2D eigenvalue weighted by molar-refractivity contribution is 0.316. The van der Waals surface area contributed by atoms with E-state index in [4.69, 9.17) is 10.5 Å². The minimum Gasteiger partial charge on any atom is -0.494 e. The van der Waals surface area contributed by atoms with E-state index in [0.717, 1.165) is 18.8 Å². The third-order valence-corrected chi connectivity index (χ3v) is 4.37. The molecule has 0 bridgehead atoms.